The van der Waals surface area contributed by atoms with Crippen LogP contribution in [-0.2, 0) is 4.79 Å². The lowest BCUT2D eigenvalue weighted by atomic mass is 10.1. The zero-order chi connectivity index (χ0) is 15.1. The number of amides is 1. The highest BCUT2D eigenvalue weighted by molar-refractivity contribution is 5.80. The standard InChI is InChI=1S/C15H23FN2O2/c1-5-8-18-10(2)12-6-7-14(13(16)9-12)20-11(3)15(19)17-4/h6-7,9-11,18H,5,8H2,1-4H3,(H,17,19). The van der Waals surface area contributed by atoms with E-state index in [0.29, 0.717) is 0 Å². The summed E-state index contributed by atoms with van der Waals surface area (Å²) in [5, 5.41) is 5.75. The van der Waals surface area contributed by atoms with E-state index < -0.39 is 11.9 Å². The van der Waals surface area contributed by atoms with Gasteiger partial charge in [-0.2, -0.15) is 0 Å². The Balaban J connectivity index is 2.75. The number of likely N-dealkylation sites (N-methyl/N-ethyl adjacent to an activating group) is 1. The molecule has 0 spiro atoms. The van der Waals surface area contributed by atoms with Crippen molar-refractivity contribution in [3.63, 3.8) is 0 Å². The molecule has 0 bridgehead atoms. The molecule has 0 saturated carbocycles. The highest BCUT2D eigenvalue weighted by atomic mass is 19.1. The van der Waals surface area contributed by atoms with Crippen LogP contribution in [0.5, 0.6) is 5.75 Å². The van der Waals surface area contributed by atoms with E-state index >= 15 is 0 Å². The van der Waals surface area contributed by atoms with Crippen LogP contribution in [0.25, 0.3) is 0 Å². The average molecular weight is 282 g/mol. The molecule has 1 aromatic carbocycles. The van der Waals surface area contributed by atoms with Crippen LogP contribution in [0.1, 0.15) is 38.8 Å². The first-order chi connectivity index (χ1) is 9.49. The lowest BCUT2D eigenvalue weighted by Crippen LogP contribution is -2.33. The fourth-order valence-corrected chi connectivity index (χ4v) is 1.81. The van der Waals surface area contributed by atoms with Gasteiger partial charge in [-0.1, -0.05) is 13.0 Å². The number of halogens is 1. The minimum atomic E-state index is -0.726. The summed E-state index contributed by atoms with van der Waals surface area (Å²) in [6.07, 6.45) is 0.300. The molecule has 1 amide bonds. The molecule has 2 unspecified atom stereocenters. The summed E-state index contributed by atoms with van der Waals surface area (Å²) in [7, 11) is 1.52. The highest BCUT2D eigenvalue weighted by Gasteiger charge is 2.16. The molecule has 2 N–H and O–H groups in total. The quantitative estimate of drug-likeness (QED) is 0.807. The van der Waals surface area contributed by atoms with Gasteiger partial charge in [0, 0.05) is 13.1 Å². The maximum atomic E-state index is 14.0. The third kappa shape index (κ3) is 4.49. The fraction of sp³-hybridized carbons (Fsp3) is 0.533. The monoisotopic (exact) mass is 282 g/mol. The van der Waals surface area contributed by atoms with Crippen LogP contribution in [0, 0.1) is 5.82 Å². The smallest absolute Gasteiger partial charge is 0.260 e. The van der Waals surface area contributed by atoms with Crippen LogP contribution in [-0.4, -0.2) is 25.6 Å². The van der Waals surface area contributed by atoms with E-state index in [9.17, 15) is 9.18 Å². The van der Waals surface area contributed by atoms with Gasteiger partial charge < -0.3 is 15.4 Å². The number of carbonyl (C=O) groups is 1. The summed E-state index contributed by atoms with van der Waals surface area (Å²) in [5.41, 5.74) is 0.857. The Kier molecular flexibility index (Phi) is 6.45. The molecule has 1 aromatic rings. The van der Waals surface area contributed by atoms with Crippen LogP contribution in [0.3, 0.4) is 0 Å². The number of carbonyl (C=O) groups excluding carboxylic acids is 1. The van der Waals surface area contributed by atoms with E-state index in [4.69, 9.17) is 4.74 Å². The molecular weight excluding hydrogens is 259 g/mol. The van der Waals surface area contributed by atoms with Crippen molar-refractivity contribution in [2.45, 2.75) is 39.3 Å². The van der Waals surface area contributed by atoms with Crippen LogP contribution < -0.4 is 15.4 Å². The molecule has 112 valence electrons. The maximum absolute atomic E-state index is 14.0. The van der Waals surface area contributed by atoms with Crippen molar-refractivity contribution in [1.82, 2.24) is 10.6 Å². The van der Waals surface area contributed by atoms with Gasteiger partial charge >= 0.3 is 0 Å². The van der Waals surface area contributed by atoms with Crippen molar-refractivity contribution in [2.24, 2.45) is 0 Å². The molecule has 0 aliphatic rings. The Bertz CT molecular complexity index is 451. The lowest BCUT2D eigenvalue weighted by molar-refractivity contribution is -0.126. The minimum Gasteiger partial charge on any atom is -0.478 e. The van der Waals surface area contributed by atoms with Crippen LogP contribution in [0.4, 0.5) is 4.39 Å². The summed E-state index contributed by atoms with van der Waals surface area (Å²) < 4.78 is 19.3. The number of benzene rings is 1. The van der Waals surface area contributed by atoms with Gasteiger partial charge in [0.15, 0.2) is 17.7 Å². The second-order valence-corrected chi connectivity index (χ2v) is 4.74. The topological polar surface area (TPSA) is 50.4 Å². The van der Waals surface area contributed by atoms with Gasteiger partial charge in [0.05, 0.1) is 0 Å². The molecule has 2 atom stereocenters. The number of rotatable bonds is 7. The third-order valence-corrected chi connectivity index (χ3v) is 3.08. The third-order valence-electron chi connectivity index (χ3n) is 3.08. The van der Waals surface area contributed by atoms with Gasteiger partial charge in [0.2, 0.25) is 0 Å². The van der Waals surface area contributed by atoms with Gasteiger partial charge in [0.25, 0.3) is 5.91 Å². The second kappa shape index (κ2) is 7.85. The van der Waals surface area contributed by atoms with E-state index in [1.54, 1.807) is 13.0 Å². The Hall–Kier alpha value is -1.62. The average Bonchev–Trinajstić information content (AvgIpc) is 2.45. The van der Waals surface area contributed by atoms with Gasteiger partial charge in [-0.05, 0) is 44.5 Å². The lowest BCUT2D eigenvalue weighted by Gasteiger charge is -2.17. The molecule has 0 radical (unpaired) electrons. The van der Waals surface area contributed by atoms with Crippen LogP contribution >= 0.6 is 0 Å². The number of hydrogen-bond donors (Lipinski definition) is 2. The molecule has 0 aliphatic carbocycles. The summed E-state index contributed by atoms with van der Waals surface area (Å²) in [5.74, 6) is -0.651. The Morgan fingerprint density at radius 3 is 2.65 bits per heavy atom. The Morgan fingerprint density at radius 2 is 2.10 bits per heavy atom. The maximum Gasteiger partial charge on any atom is 0.260 e. The molecule has 0 heterocycles. The van der Waals surface area contributed by atoms with Gasteiger partial charge in [-0.3, -0.25) is 4.79 Å². The molecule has 20 heavy (non-hydrogen) atoms. The Morgan fingerprint density at radius 1 is 1.40 bits per heavy atom. The first-order valence-corrected chi connectivity index (χ1v) is 6.90. The molecule has 5 heteroatoms. The van der Waals surface area contributed by atoms with Crippen LogP contribution in [0.2, 0.25) is 0 Å². The number of nitrogens with one attached hydrogen (secondary N) is 2. The normalized spacial score (nSPS) is 13.7. The molecule has 0 aromatic heterocycles. The minimum absolute atomic E-state index is 0.0786. The van der Waals surface area contributed by atoms with Gasteiger partial charge in [-0.25, -0.2) is 4.39 Å². The van der Waals surface area contributed by atoms with Crippen molar-refractivity contribution in [2.75, 3.05) is 13.6 Å². The summed E-state index contributed by atoms with van der Waals surface area (Å²) >= 11 is 0. The van der Waals surface area contributed by atoms with E-state index in [1.165, 1.54) is 13.1 Å². The van der Waals surface area contributed by atoms with Crippen LogP contribution in [0.15, 0.2) is 18.2 Å². The van der Waals surface area contributed by atoms with Crippen molar-refractivity contribution >= 4 is 5.91 Å². The van der Waals surface area contributed by atoms with E-state index in [0.717, 1.165) is 18.5 Å². The summed E-state index contributed by atoms with van der Waals surface area (Å²) in [4.78, 5) is 11.4. The SMILES string of the molecule is CCCNC(C)c1ccc(OC(C)C(=O)NC)c(F)c1. The first kappa shape index (κ1) is 16.4. The summed E-state index contributed by atoms with van der Waals surface area (Å²) in [6.45, 7) is 6.53. The predicted molar refractivity (Wildman–Crippen MR) is 77.3 cm³/mol. The molecule has 0 fully saturated rings. The predicted octanol–water partition coefficient (Wildman–Crippen LogP) is 2.40. The fourth-order valence-electron chi connectivity index (χ4n) is 1.81. The molecule has 1 rings (SSSR count). The van der Waals surface area contributed by atoms with Crippen molar-refractivity contribution in [1.29, 1.82) is 0 Å². The zero-order valence-electron chi connectivity index (χ0n) is 12.5. The Labute approximate surface area is 119 Å². The van der Waals surface area contributed by atoms with E-state index in [2.05, 4.69) is 17.6 Å². The van der Waals surface area contributed by atoms with E-state index in [-0.39, 0.29) is 17.7 Å². The molecule has 4 nitrogen and oxygen atoms in total. The summed E-state index contributed by atoms with van der Waals surface area (Å²) in [6, 6.07) is 4.89. The number of ether oxygens (including phenoxy) is 1. The van der Waals surface area contributed by atoms with Gasteiger partial charge in [0.1, 0.15) is 0 Å². The largest absolute Gasteiger partial charge is 0.478 e. The zero-order valence-corrected chi connectivity index (χ0v) is 12.5. The second-order valence-electron chi connectivity index (χ2n) is 4.74. The van der Waals surface area contributed by atoms with Gasteiger partial charge in [-0.15, -0.1) is 0 Å². The molecule has 0 aliphatic heterocycles. The first-order valence-electron chi connectivity index (χ1n) is 6.90. The van der Waals surface area contributed by atoms with Crippen molar-refractivity contribution < 1.29 is 13.9 Å². The molecule has 0 saturated heterocycles. The van der Waals surface area contributed by atoms with Crippen molar-refractivity contribution in [3.05, 3.63) is 29.6 Å². The van der Waals surface area contributed by atoms with E-state index in [1.807, 2.05) is 13.0 Å². The highest BCUT2D eigenvalue weighted by Crippen LogP contribution is 2.23. The molecular formula is C15H23FN2O2. The van der Waals surface area contributed by atoms with Crippen molar-refractivity contribution in [3.8, 4) is 5.75 Å². The number of hydrogen-bond acceptors (Lipinski definition) is 3.